The number of carboxylic acid groups (broad SMARTS) is 1. The van der Waals surface area contributed by atoms with Gasteiger partial charge in [0.25, 0.3) is 0 Å². The molecule has 1 aliphatic carbocycles. The van der Waals surface area contributed by atoms with Crippen LogP contribution in [0.2, 0.25) is 0 Å². The van der Waals surface area contributed by atoms with E-state index in [2.05, 4.69) is 5.32 Å². The van der Waals surface area contributed by atoms with Gasteiger partial charge in [0, 0.05) is 26.2 Å². The van der Waals surface area contributed by atoms with Crippen LogP contribution >= 0.6 is 0 Å². The van der Waals surface area contributed by atoms with Crippen molar-refractivity contribution in [3.8, 4) is 0 Å². The van der Waals surface area contributed by atoms with Crippen LogP contribution in [0, 0.1) is 11.8 Å². The summed E-state index contributed by atoms with van der Waals surface area (Å²) in [5.41, 5.74) is 0. The second-order valence-electron chi connectivity index (χ2n) is 4.54. The number of methoxy groups -OCH3 is 1. The van der Waals surface area contributed by atoms with Gasteiger partial charge in [0.2, 0.25) is 5.91 Å². The molecule has 1 amide bonds. The topological polar surface area (TPSA) is 75.6 Å². The Morgan fingerprint density at radius 1 is 1.35 bits per heavy atom. The Morgan fingerprint density at radius 2 is 2.06 bits per heavy atom. The maximum Gasteiger partial charge on any atom is 0.306 e. The number of carboxylic acids is 1. The molecule has 0 saturated heterocycles. The lowest BCUT2D eigenvalue weighted by Gasteiger charge is -2.25. The number of ether oxygens (including phenoxy) is 1. The smallest absolute Gasteiger partial charge is 0.306 e. The predicted molar refractivity (Wildman–Crippen MR) is 62.6 cm³/mol. The molecule has 2 unspecified atom stereocenters. The lowest BCUT2D eigenvalue weighted by molar-refractivity contribution is -0.144. The first kappa shape index (κ1) is 14.0. The standard InChI is InChI=1S/C12H21NO4/c1-17-7-3-6-13-11(14)9-4-2-5-10(8-9)12(15)16/h9-10H,2-8H2,1H3,(H,13,14)(H,15,16). The van der Waals surface area contributed by atoms with Crippen LogP contribution in [-0.2, 0) is 14.3 Å². The summed E-state index contributed by atoms with van der Waals surface area (Å²) in [6.07, 6.45) is 3.60. The summed E-state index contributed by atoms with van der Waals surface area (Å²) in [5, 5.41) is 11.8. The molecule has 2 N–H and O–H groups in total. The lowest BCUT2D eigenvalue weighted by Crippen LogP contribution is -2.36. The van der Waals surface area contributed by atoms with Crippen LogP contribution in [0.15, 0.2) is 0 Å². The molecule has 0 bridgehead atoms. The number of carbonyl (C=O) groups is 2. The fraction of sp³-hybridized carbons (Fsp3) is 0.833. The van der Waals surface area contributed by atoms with Crippen LogP contribution in [0.25, 0.3) is 0 Å². The Hall–Kier alpha value is -1.10. The molecule has 0 aromatic heterocycles. The molecule has 0 aliphatic heterocycles. The highest BCUT2D eigenvalue weighted by molar-refractivity contribution is 5.80. The van der Waals surface area contributed by atoms with E-state index in [-0.39, 0.29) is 17.7 Å². The molecular formula is C12H21NO4. The summed E-state index contributed by atoms with van der Waals surface area (Å²) in [4.78, 5) is 22.7. The monoisotopic (exact) mass is 243 g/mol. The molecule has 1 aliphatic rings. The maximum atomic E-state index is 11.8. The molecule has 5 heteroatoms. The minimum absolute atomic E-state index is 0.00736. The first-order valence-corrected chi connectivity index (χ1v) is 6.14. The van der Waals surface area contributed by atoms with E-state index in [1.807, 2.05) is 0 Å². The average molecular weight is 243 g/mol. The lowest BCUT2D eigenvalue weighted by atomic mass is 9.81. The summed E-state index contributed by atoms with van der Waals surface area (Å²) in [5.74, 6) is -1.26. The van der Waals surface area contributed by atoms with Crippen molar-refractivity contribution in [2.45, 2.75) is 32.1 Å². The molecule has 17 heavy (non-hydrogen) atoms. The molecule has 0 spiro atoms. The van der Waals surface area contributed by atoms with Gasteiger partial charge in [-0.1, -0.05) is 6.42 Å². The Balaban J connectivity index is 2.28. The van der Waals surface area contributed by atoms with Crippen LogP contribution in [0.4, 0.5) is 0 Å². The maximum absolute atomic E-state index is 11.8. The number of hydrogen-bond donors (Lipinski definition) is 2. The zero-order valence-corrected chi connectivity index (χ0v) is 10.3. The minimum atomic E-state index is -0.776. The van der Waals surface area contributed by atoms with Gasteiger partial charge in [-0.05, 0) is 25.7 Å². The van der Waals surface area contributed by atoms with Crippen molar-refractivity contribution in [2.24, 2.45) is 11.8 Å². The highest BCUT2D eigenvalue weighted by Crippen LogP contribution is 2.29. The second-order valence-corrected chi connectivity index (χ2v) is 4.54. The fourth-order valence-corrected chi connectivity index (χ4v) is 2.22. The van der Waals surface area contributed by atoms with E-state index in [0.29, 0.717) is 26.0 Å². The third kappa shape index (κ3) is 4.73. The molecule has 0 radical (unpaired) electrons. The molecule has 1 saturated carbocycles. The molecule has 1 fully saturated rings. The quantitative estimate of drug-likeness (QED) is 0.683. The van der Waals surface area contributed by atoms with Gasteiger partial charge in [0.05, 0.1) is 5.92 Å². The van der Waals surface area contributed by atoms with Crippen molar-refractivity contribution in [1.29, 1.82) is 0 Å². The predicted octanol–water partition coefficient (Wildman–Crippen LogP) is 1.03. The summed E-state index contributed by atoms with van der Waals surface area (Å²) in [7, 11) is 1.63. The highest BCUT2D eigenvalue weighted by Gasteiger charge is 2.30. The Morgan fingerprint density at radius 3 is 2.71 bits per heavy atom. The third-order valence-electron chi connectivity index (χ3n) is 3.22. The molecule has 2 atom stereocenters. The van der Waals surface area contributed by atoms with Gasteiger partial charge in [-0.2, -0.15) is 0 Å². The van der Waals surface area contributed by atoms with Crippen molar-refractivity contribution in [2.75, 3.05) is 20.3 Å². The largest absolute Gasteiger partial charge is 0.481 e. The zero-order chi connectivity index (χ0) is 12.7. The van der Waals surface area contributed by atoms with E-state index in [0.717, 1.165) is 19.3 Å². The Labute approximate surface area is 102 Å². The first-order chi connectivity index (χ1) is 8.15. The van der Waals surface area contributed by atoms with Crippen LogP contribution in [0.5, 0.6) is 0 Å². The van der Waals surface area contributed by atoms with Crippen molar-refractivity contribution in [3.63, 3.8) is 0 Å². The van der Waals surface area contributed by atoms with E-state index in [1.54, 1.807) is 7.11 Å². The molecule has 1 rings (SSSR count). The first-order valence-electron chi connectivity index (χ1n) is 6.14. The Kier molecular flexibility index (Phi) is 5.97. The molecular weight excluding hydrogens is 222 g/mol. The number of nitrogens with one attached hydrogen (secondary N) is 1. The molecule has 0 aromatic carbocycles. The van der Waals surface area contributed by atoms with Gasteiger partial charge in [0.15, 0.2) is 0 Å². The van der Waals surface area contributed by atoms with E-state index < -0.39 is 5.97 Å². The van der Waals surface area contributed by atoms with Crippen LogP contribution in [0.1, 0.15) is 32.1 Å². The van der Waals surface area contributed by atoms with Gasteiger partial charge in [-0.3, -0.25) is 9.59 Å². The van der Waals surface area contributed by atoms with Crippen molar-refractivity contribution < 1.29 is 19.4 Å². The van der Waals surface area contributed by atoms with Crippen LogP contribution < -0.4 is 5.32 Å². The minimum Gasteiger partial charge on any atom is -0.481 e. The fourth-order valence-electron chi connectivity index (χ4n) is 2.22. The second kappa shape index (κ2) is 7.27. The molecule has 5 nitrogen and oxygen atoms in total. The number of aliphatic carboxylic acids is 1. The molecule has 98 valence electrons. The Bertz CT molecular complexity index is 267. The summed E-state index contributed by atoms with van der Waals surface area (Å²) in [6.45, 7) is 1.23. The van der Waals surface area contributed by atoms with Crippen molar-refractivity contribution in [3.05, 3.63) is 0 Å². The number of hydrogen-bond acceptors (Lipinski definition) is 3. The van der Waals surface area contributed by atoms with E-state index in [1.165, 1.54) is 0 Å². The van der Waals surface area contributed by atoms with Gasteiger partial charge >= 0.3 is 5.97 Å². The molecule has 0 heterocycles. The normalized spacial score (nSPS) is 24.3. The SMILES string of the molecule is COCCCNC(=O)C1CCCC(C(=O)O)C1. The van der Waals surface area contributed by atoms with E-state index in [9.17, 15) is 9.59 Å². The van der Waals surface area contributed by atoms with Gasteiger partial charge in [-0.25, -0.2) is 0 Å². The number of amides is 1. The zero-order valence-electron chi connectivity index (χ0n) is 10.3. The molecule has 0 aromatic rings. The highest BCUT2D eigenvalue weighted by atomic mass is 16.5. The number of carbonyl (C=O) groups excluding carboxylic acids is 1. The summed E-state index contributed by atoms with van der Waals surface area (Å²) < 4.78 is 4.89. The van der Waals surface area contributed by atoms with Crippen molar-refractivity contribution >= 4 is 11.9 Å². The van der Waals surface area contributed by atoms with Crippen LogP contribution in [0.3, 0.4) is 0 Å². The van der Waals surface area contributed by atoms with E-state index >= 15 is 0 Å². The third-order valence-corrected chi connectivity index (χ3v) is 3.22. The summed E-state index contributed by atoms with van der Waals surface area (Å²) in [6, 6.07) is 0. The summed E-state index contributed by atoms with van der Waals surface area (Å²) >= 11 is 0. The van der Waals surface area contributed by atoms with Crippen LogP contribution in [-0.4, -0.2) is 37.2 Å². The van der Waals surface area contributed by atoms with Gasteiger partial charge in [0.1, 0.15) is 0 Å². The average Bonchev–Trinajstić information content (AvgIpc) is 2.34. The number of rotatable bonds is 6. The van der Waals surface area contributed by atoms with Gasteiger partial charge < -0.3 is 15.2 Å². The van der Waals surface area contributed by atoms with E-state index in [4.69, 9.17) is 9.84 Å². The van der Waals surface area contributed by atoms with Crippen molar-refractivity contribution in [1.82, 2.24) is 5.32 Å². The van der Waals surface area contributed by atoms with Gasteiger partial charge in [-0.15, -0.1) is 0 Å².